The van der Waals surface area contributed by atoms with Crippen LogP contribution >= 0.6 is 0 Å². The molecule has 0 saturated carbocycles. The molecule has 6 nitrogen and oxygen atoms in total. The molecule has 2 N–H and O–H groups in total. The van der Waals surface area contributed by atoms with E-state index in [4.69, 9.17) is 4.55 Å². The van der Waals surface area contributed by atoms with Gasteiger partial charge >= 0.3 is 29.6 Å². The molecule has 0 aliphatic heterocycles. The molecule has 84 valence electrons. The fourth-order valence-corrected chi connectivity index (χ4v) is 1.25. The van der Waals surface area contributed by atoms with E-state index < -0.39 is 21.8 Å². The number of nitrogens with one attached hydrogen (secondary N) is 1. The second kappa shape index (κ2) is 6.97. The molecule has 0 atom stereocenters. The summed E-state index contributed by atoms with van der Waals surface area (Å²) in [5.74, 6) is -0.925. The summed E-state index contributed by atoms with van der Waals surface area (Å²) in [6.45, 7) is -0.132. The van der Waals surface area contributed by atoms with Gasteiger partial charge in [-0.2, -0.15) is 8.42 Å². The first-order valence-corrected chi connectivity index (χ1v) is 5.73. The first-order chi connectivity index (χ1) is 6.99. The molecule has 0 fully saturated rings. The summed E-state index contributed by atoms with van der Waals surface area (Å²) < 4.78 is 29.1. The molecule has 0 aliphatic rings. The normalized spacial score (nSPS) is 10.3. The van der Waals surface area contributed by atoms with Gasteiger partial charge in [-0.1, -0.05) is 0 Å². The van der Waals surface area contributed by atoms with Gasteiger partial charge in [0.1, 0.15) is 0 Å². The van der Waals surface area contributed by atoms with Crippen LogP contribution in [0.1, 0.15) is 11.8 Å². The molecule has 0 aliphatic carbocycles. The molecular formula is C8H11N2NaO4S. The van der Waals surface area contributed by atoms with Gasteiger partial charge in [0.2, 0.25) is 0 Å². The van der Waals surface area contributed by atoms with E-state index in [0.29, 0.717) is 5.56 Å². The average Bonchev–Trinajstić information content (AvgIpc) is 2.17. The predicted molar refractivity (Wildman–Crippen MR) is 54.1 cm³/mol. The van der Waals surface area contributed by atoms with E-state index in [2.05, 4.69) is 10.3 Å². The Hall–Kier alpha value is -0.470. The van der Waals surface area contributed by atoms with E-state index in [-0.39, 0.29) is 37.5 Å². The molecule has 0 radical (unpaired) electrons. The SMILES string of the molecule is O=C(NCCS(=O)(=O)O)c1cccnc1.[H-].[Na+]. The third kappa shape index (κ3) is 6.19. The second-order valence-corrected chi connectivity index (χ2v) is 4.36. The summed E-state index contributed by atoms with van der Waals surface area (Å²) in [5.41, 5.74) is 0.341. The van der Waals surface area contributed by atoms with Crippen LogP contribution < -0.4 is 34.9 Å². The van der Waals surface area contributed by atoms with E-state index >= 15 is 0 Å². The van der Waals surface area contributed by atoms with E-state index in [0.717, 1.165) is 0 Å². The van der Waals surface area contributed by atoms with Crippen molar-refractivity contribution in [1.29, 1.82) is 0 Å². The van der Waals surface area contributed by atoms with Crippen LogP contribution in [0.3, 0.4) is 0 Å². The monoisotopic (exact) mass is 254 g/mol. The molecule has 0 bridgehead atoms. The maximum atomic E-state index is 11.3. The molecule has 16 heavy (non-hydrogen) atoms. The number of amides is 1. The van der Waals surface area contributed by atoms with Crippen LogP contribution in [0.2, 0.25) is 0 Å². The number of nitrogens with zero attached hydrogens (tertiary/aromatic N) is 1. The van der Waals surface area contributed by atoms with Crippen LogP contribution in [0, 0.1) is 0 Å². The van der Waals surface area contributed by atoms with Gasteiger partial charge < -0.3 is 6.74 Å². The van der Waals surface area contributed by atoms with Gasteiger partial charge in [0.25, 0.3) is 16.0 Å². The summed E-state index contributed by atoms with van der Waals surface area (Å²) in [7, 11) is -4.03. The summed E-state index contributed by atoms with van der Waals surface area (Å²) in [6.07, 6.45) is 2.89. The van der Waals surface area contributed by atoms with Gasteiger partial charge in [-0.05, 0) is 12.1 Å². The van der Waals surface area contributed by atoms with E-state index in [9.17, 15) is 13.2 Å². The number of carbonyl (C=O) groups excluding carboxylic acids is 1. The van der Waals surface area contributed by atoms with Crippen LogP contribution in [0.5, 0.6) is 0 Å². The molecule has 1 aromatic rings. The van der Waals surface area contributed by atoms with Crippen molar-refractivity contribution in [2.24, 2.45) is 0 Å². The third-order valence-corrected chi connectivity index (χ3v) is 2.29. The number of carbonyl (C=O) groups is 1. The first-order valence-electron chi connectivity index (χ1n) is 4.12. The molecule has 8 heteroatoms. The Labute approximate surface area is 117 Å². The van der Waals surface area contributed by atoms with Crippen LogP contribution in [0.15, 0.2) is 24.5 Å². The Morgan fingerprint density at radius 2 is 2.25 bits per heavy atom. The Morgan fingerprint density at radius 3 is 2.75 bits per heavy atom. The molecular weight excluding hydrogens is 243 g/mol. The fourth-order valence-electron chi connectivity index (χ4n) is 0.893. The van der Waals surface area contributed by atoms with Gasteiger partial charge in [0.05, 0.1) is 11.3 Å². The smallest absolute Gasteiger partial charge is 1.00 e. The van der Waals surface area contributed by atoms with Crippen LogP contribution in [0.25, 0.3) is 0 Å². The summed E-state index contributed by atoms with van der Waals surface area (Å²) >= 11 is 0. The van der Waals surface area contributed by atoms with Crippen LogP contribution in [0.4, 0.5) is 0 Å². The minimum atomic E-state index is -4.03. The van der Waals surface area contributed by atoms with E-state index in [1.807, 2.05) is 0 Å². The zero-order chi connectivity index (χ0) is 11.3. The minimum absolute atomic E-state index is 0. The van der Waals surface area contributed by atoms with Crippen molar-refractivity contribution in [3.8, 4) is 0 Å². The van der Waals surface area contributed by atoms with Crippen LogP contribution in [-0.2, 0) is 10.1 Å². The summed E-state index contributed by atoms with van der Waals surface area (Å²) in [4.78, 5) is 15.0. The Kier molecular flexibility index (Phi) is 6.77. The Bertz CT molecular complexity index is 440. The molecule has 0 aromatic carbocycles. The summed E-state index contributed by atoms with van der Waals surface area (Å²) in [6, 6.07) is 3.15. The molecule has 1 heterocycles. The third-order valence-electron chi connectivity index (χ3n) is 1.57. The fraction of sp³-hybridized carbons (Fsp3) is 0.250. The zero-order valence-corrected chi connectivity index (χ0v) is 11.6. The van der Waals surface area contributed by atoms with E-state index in [1.165, 1.54) is 12.4 Å². The van der Waals surface area contributed by atoms with E-state index in [1.54, 1.807) is 12.1 Å². The Morgan fingerprint density at radius 1 is 1.56 bits per heavy atom. The Balaban J connectivity index is 0. The molecule has 1 aromatic heterocycles. The standard InChI is InChI=1S/C8H10N2O4S.Na.H/c11-8(7-2-1-3-9-6-7)10-4-5-15(12,13)14;;/h1-3,6H,4-5H2,(H,10,11)(H,12,13,14);;/q;+1;-1. The maximum absolute atomic E-state index is 11.3. The number of aromatic nitrogens is 1. The van der Waals surface area contributed by atoms with Crippen molar-refractivity contribution in [1.82, 2.24) is 10.3 Å². The zero-order valence-electron chi connectivity index (χ0n) is 9.75. The number of hydrogen-bond acceptors (Lipinski definition) is 4. The number of rotatable bonds is 4. The predicted octanol–water partition coefficient (Wildman–Crippen LogP) is -3.18. The van der Waals surface area contributed by atoms with Crippen LogP contribution in [-0.4, -0.2) is 36.2 Å². The van der Waals surface area contributed by atoms with Gasteiger partial charge in [0.15, 0.2) is 0 Å². The summed E-state index contributed by atoms with van der Waals surface area (Å²) in [5, 5.41) is 2.34. The number of hydrogen-bond donors (Lipinski definition) is 2. The van der Waals surface area contributed by atoms with Gasteiger partial charge in [-0.3, -0.25) is 14.3 Å². The van der Waals surface area contributed by atoms with Gasteiger partial charge in [0, 0.05) is 18.9 Å². The largest absolute Gasteiger partial charge is 1.00 e. The molecule has 0 spiro atoms. The molecule has 0 unspecified atom stereocenters. The second-order valence-electron chi connectivity index (χ2n) is 2.78. The maximum Gasteiger partial charge on any atom is 1.00 e. The average molecular weight is 254 g/mol. The van der Waals surface area contributed by atoms with Crippen molar-refractivity contribution in [3.63, 3.8) is 0 Å². The van der Waals surface area contributed by atoms with Gasteiger partial charge in [-0.15, -0.1) is 0 Å². The van der Waals surface area contributed by atoms with Crippen molar-refractivity contribution in [2.45, 2.75) is 0 Å². The quantitative estimate of drug-likeness (QED) is 0.436. The van der Waals surface area contributed by atoms with Crippen molar-refractivity contribution in [2.75, 3.05) is 12.3 Å². The molecule has 0 saturated heterocycles. The van der Waals surface area contributed by atoms with Crippen molar-refractivity contribution < 1.29 is 48.7 Å². The van der Waals surface area contributed by atoms with Gasteiger partial charge in [-0.25, -0.2) is 0 Å². The molecule has 1 amide bonds. The number of pyridine rings is 1. The molecule has 1 rings (SSSR count). The minimum Gasteiger partial charge on any atom is -1.00 e. The van der Waals surface area contributed by atoms with Crippen molar-refractivity contribution in [3.05, 3.63) is 30.1 Å². The topological polar surface area (TPSA) is 96.4 Å². The first kappa shape index (κ1) is 15.5. The van der Waals surface area contributed by atoms with Crippen molar-refractivity contribution >= 4 is 16.0 Å².